The molecule has 0 bridgehead atoms. The van der Waals surface area contributed by atoms with Crippen molar-refractivity contribution in [3.63, 3.8) is 0 Å². The first kappa shape index (κ1) is 29.9. The zero-order chi connectivity index (χ0) is 28.8. The van der Waals surface area contributed by atoms with E-state index in [0.29, 0.717) is 10.0 Å². The van der Waals surface area contributed by atoms with Gasteiger partial charge in [-0.15, -0.1) is 11.6 Å². The zero-order valence-electron chi connectivity index (χ0n) is 19.1. The molecule has 39 heavy (non-hydrogen) atoms. The van der Waals surface area contributed by atoms with Crippen molar-refractivity contribution in [1.29, 1.82) is 0 Å². The number of halogens is 8. The molecule has 0 aliphatic carbocycles. The molecule has 1 atom stereocenters. The molecule has 3 amide bonds. The summed E-state index contributed by atoms with van der Waals surface area (Å²) in [6.45, 7) is 0. The van der Waals surface area contributed by atoms with E-state index >= 15 is 0 Å². The molecule has 3 aromatic rings. The Morgan fingerprint density at radius 2 is 1.36 bits per heavy atom. The van der Waals surface area contributed by atoms with Crippen LogP contribution in [0.25, 0.3) is 0 Å². The summed E-state index contributed by atoms with van der Waals surface area (Å²) in [5.41, 5.74) is -1.05. The highest BCUT2D eigenvalue weighted by atomic mass is 35.5. The molecule has 3 aromatic carbocycles. The number of hydrazine groups is 1. The minimum atomic E-state index is -1.54. The molecule has 1 heterocycles. The van der Waals surface area contributed by atoms with Gasteiger partial charge in [0.1, 0.15) is 11.9 Å². The van der Waals surface area contributed by atoms with E-state index in [0.717, 1.165) is 12.1 Å². The van der Waals surface area contributed by atoms with Crippen LogP contribution in [0.2, 0.25) is 30.1 Å². The van der Waals surface area contributed by atoms with E-state index in [1.54, 1.807) is 0 Å². The quantitative estimate of drug-likeness (QED) is 0.0834. The van der Waals surface area contributed by atoms with Crippen molar-refractivity contribution >= 4 is 105 Å². The molecule has 0 unspecified atom stereocenters. The number of imide groups is 1. The number of hydrogen-bond donors (Lipinski definition) is 0. The van der Waals surface area contributed by atoms with Gasteiger partial charge in [-0.3, -0.25) is 19.2 Å². The van der Waals surface area contributed by atoms with Crippen LogP contribution in [0, 0.1) is 5.82 Å². The molecule has 1 aliphatic rings. The number of rotatable bonds is 7. The summed E-state index contributed by atoms with van der Waals surface area (Å²) >= 11 is 43.0. The molecular weight excluding hydrogens is 659 g/mol. The summed E-state index contributed by atoms with van der Waals surface area (Å²) in [5.74, 6) is -4.78. The average Bonchev–Trinajstić information content (AvgIpc) is 3.15. The molecule has 14 heteroatoms. The SMILES string of the molecule is O=C(c1ccc(F)cc1)[C@@H](CCCl)N(C(=O)c1ccc(Cl)cc1Cl)N1C(=O)c2c(Cl)c(Cl)c(Cl)c(Cl)c2C1=O. The lowest BCUT2D eigenvalue weighted by Crippen LogP contribution is -2.57. The van der Waals surface area contributed by atoms with Gasteiger partial charge in [0.25, 0.3) is 17.7 Å². The number of nitrogens with zero attached hydrogens (tertiary/aromatic N) is 2. The van der Waals surface area contributed by atoms with E-state index in [4.69, 9.17) is 81.2 Å². The van der Waals surface area contributed by atoms with Gasteiger partial charge < -0.3 is 0 Å². The standard InChI is InChI=1S/C25H12Cl7FN2O4/c26-8-7-15(22(36)10-1-4-12(33)5-2-10)34(23(37)13-6-3-11(27)9-14(13)28)35-24(38)16-17(25(35)39)19(30)21(32)20(31)18(16)29/h1-6,9,15H,7-8H2/t15-/m1/s1. The second-order valence-electron chi connectivity index (χ2n) is 8.07. The average molecular weight is 672 g/mol. The number of hydrogen-bond acceptors (Lipinski definition) is 4. The largest absolute Gasteiger partial charge is 0.292 e. The maximum absolute atomic E-state index is 14.0. The molecule has 0 N–H and O–H groups in total. The number of fused-ring (bicyclic) bond motifs is 1. The lowest BCUT2D eigenvalue weighted by atomic mass is 10.0. The third kappa shape index (κ3) is 5.34. The molecule has 0 spiro atoms. The van der Waals surface area contributed by atoms with E-state index in [9.17, 15) is 23.6 Å². The second-order valence-corrected chi connectivity index (χ2v) is 10.8. The van der Waals surface area contributed by atoms with E-state index in [1.165, 1.54) is 30.3 Å². The second kappa shape index (κ2) is 11.8. The van der Waals surface area contributed by atoms with Crippen LogP contribution in [0.3, 0.4) is 0 Å². The van der Waals surface area contributed by atoms with Gasteiger partial charge in [-0.2, -0.15) is 5.01 Å². The number of carbonyl (C=O) groups excluding carboxylic acids is 4. The molecule has 6 nitrogen and oxygen atoms in total. The molecule has 4 rings (SSSR count). The summed E-state index contributed by atoms with van der Waals surface area (Å²) in [4.78, 5) is 55.1. The first-order chi connectivity index (χ1) is 18.4. The summed E-state index contributed by atoms with van der Waals surface area (Å²) in [6, 6.07) is 6.79. The van der Waals surface area contributed by atoms with Crippen LogP contribution in [0.15, 0.2) is 42.5 Å². The lowest BCUT2D eigenvalue weighted by molar-refractivity contribution is -0.00959. The van der Waals surface area contributed by atoms with Crippen molar-refractivity contribution in [3.8, 4) is 0 Å². The maximum atomic E-state index is 14.0. The number of benzene rings is 3. The Morgan fingerprint density at radius 3 is 1.85 bits per heavy atom. The van der Waals surface area contributed by atoms with Gasteiger partial charge in [0.05, 0.1) is 41.8 Å². The van der Waals surface area contributed by atoms with Crippen molar-refractivity contribution in [2.75, 3.05) is 5.88 Å². The topological polar surface area (TPSA) is 74.8 Å². The minimum absolute atomic E-state index is 0.0229. The molecule has 0 fully saturated rings. The predicted molar refractivity (Wildman–Crippen MR) is 149 cm³/mol. The fourth-order valence-corrected chi connectivity index (χ4v) is 5.68. The normalized spacial score (nSPS) is 13.5. The molecule has 1 aliphatic heterocycles. The summed E-state index contributed by atoms with van der Waals surface area (Å²) in [5, 5.41) is -0.216. The molecule has 202 valence electrons. The Hall–Kier alpha value is -2.10. The van der Waals surface area contributed by atoms with Crippen molar-refractivity contribution in [2.45, 2.75) is 12.5 Å². The van der Waals surface area contributed by atoms with Gasteiger partial charge in [-0.05, 0) is 48.9 Å². The third-order valence-electron chi connectivity index (χ3n) is 5.77. The minimum Gasteiger partial charge on any atom is -0.292 e. The number of ketones is 1. The predicted octanol–water partition coefficient (Wildman–Crippen LogP) is 8.28. The summed E-state index contributed by atoms with van der Waals surface area (Å²) < 4.78 is 13.6. The number of Topliss-reactive ketones (excluding diaryl/α,β-unsaturated/α-hetero) is 1. The van der Waals surface area contributed by atoms with Crippen LogP contribution in [-0.2, 0) is 0 Å². The number of amides is 3. The third-order valence-corrected chi connectivity index (χ3v) is 8.34. The maximum Gasteiger partial charge on any atom is 0.282 e. The van der Waals surface area contributed by atoms with Gasteiger partial charge in [-0.25, -0.2) is 9.40 Å². The van der Waals surface area contributed by atoms with Crippen LogP contribution >= 0.6 is 81.2 Å². The van der Waals surface area contributed by atoms with Crippen LogP contribution in [0.5, 0.6) is 0 Å². The van der Waals surface area contributed by atoms with Crippen LogP contribution in [0.4, 0.5) is 4.39 Å². The van der Waals surface area contributed by atoms with Crippen LogP contribution in [-0.4, -0.2) is 45.4 Å². The highest BCUT2D eigenvalue weighted by molar-refractivity contribution is 6.55. The van der Waals surface area contributed by atoms with E-state index in [-0.39, 0.29) is 53.6 Å². The summed E-state index contributed by atoms with van der Waals surface area (Å²) in [7, 11) is 0. The van der Waals surface area contributed by atoms with Gasteiger partial charge in [0.2, 0.25) is 0 Å². The van der Waals surface area contributed by atoms with Gasteiger partial charge in [0, 0.05) is 16.5 Å². The molecule has 0 aromatic heterocycles. The van der Waals surface area contributed by atoms with Crippen molar-refractivity contribution in [2.24, 2.45) is 0 Å². The van der Waals surface area contributed by atoms with E-state index < -0.39 is 46.5 Å². The van der Waals surface area contributed by atoms with E-state index in [2.05, 4.69) is 0 Å². The monoisotopic (exact) mass is 668 g/mol. The Bertz CT molecular complexity index is 1500. The van der Waals surface area contributed by atoms with Crippen molar-refractivity contribution in [1.82, 2.24) is 10.0 Å². The van der Waals surface area contributed by atoms with Gasteiger partial charge in [-0.1, -0.05) is 69.6 Å². The van der Waals surface area contributed by atoms with Gasteiger partial charge in [0.15, 0.2) is 5.78 Å². The van der Waals surface area contributed by atoms with Crippen molar-refractivity contribution in [3.05, 3.63) is 101 Å². The van der Waals surface area contributed by atoms with E-state index in [1.807, 2.05) is 0 Å². The summed E-state index contributed by atoms with van der Waals surface area (Å²) in [6.07, 6.45) is -0.231. The highest BCUT2D eigenvalue weighted by Gasteiger charge is 2.49. The lowest BCUT2D eigenvalue weighted by Gasteiger charge is -2.36. The van der Waals surface area contributed by atoms with Gasteiger partial charge >= 0.3 is 0 Å². The Labute approximate surface area is 256 Å². The molecule has 0 saturated heterocycles. The fraction of sp³-hybridized carbons (Fsp3) is 0.120. The van der Waals surface area contributed by atoms with Crippen LogP contribution in [0.1, 0.15) is 47.9 Å². The molecule has 0 saturated carbocycles. The highest BCUT2D eigenvalue weighted by Crippen LogP contribution is 2.45. The molecular formula is C25H12Cl7FN2O4. The smallest absolute Gasteiger partial charge is 0.282 e. The Kier molecular flexibility index (Phi) is 9.03. The Morgan fingerprint density at radius 1 is 0.821 bits per heavy atom. The number of carbonyl (C=O) groups is 4. The number of alkyl halides is 1. The first-order valence-corrected chi connectivity index (χ1v) is 13.6. The first-order valence-electron chi connectivity index (χ1n) is 10.8. The zero-order valence-corrected chi connectivity index (χ0v) is 24.4. The Balaban J connectivity index is 1.94. The molecule has 0 radical (unpaired) electrons. The van der Waals surface area contributed by atoms with Crippen molar-refractivity contribution < 1.29 is 23.6 Å². The van der Waals surface area contributed by atoms with Crippen LogP contribution < -0.4 is 0 Å². The fourth-order valence-electron chi connectivity index (χ4n) is 3.97.